The Kier molecular flexibility index (Phi) is 12.7. The van der Waals surface area contributed by atoms with E-state index in [1.54, 1.807) is 4.90 Å². The molecule has 13 heteroatoms. The van der Waals surface area contributed by atoms with Crippen LogP contribution >= 0.6 is 0 Å². The summed E-state index contributed by atoms with van der Waals surface area (Å²) in [5.41, 5.74) is 0.964. The molecule has 53 heavy (non-hydrogen) atoms. The fraction of sp³-hybridized carbons (Fsp3) is 0.650. The van der Waals surface area contributed by atoms with E-state index in [1.807, 2.05) is 72.7 Å². The van der Waals surface area contributed by atoms with Gasteiger partial charge in [0.1, 0.15) is 18.7 Å². The van der Waals surface area contributed by atoms with Crippen LogP contribution in [-0.2, 0) is 36.8 Å². The fourth-order valence-corrected chi connectivity index (χ4v) is 7.78. The number of ketones is 1. The van der Waals surface area contributed by atoms with Crippen LogP contribution in [0.25, 0.3) is 0 Å². The molecule has 1 aromatic carbocycles. The molecule has 2 aliphatic carbocycles. The monoisotopic (exact) mass is 736 g/mol. The Bertz CT molecular complexity index is 1550. The van der Waals surface area contributed by atoms with E-state index in [-0.39, 0.29) is 48.6 Å². The molecule has 0 radical (unpaired) electrons. The molecule has 0 spiro atoms. The Morgan fingerprint density at radius 2 is 1.60 bits per heavy atom. The van der Waals surface area contributed by atoms with E-state index >= 15 is 0 Å². The molecule has 13 nitrogen and oxygen atoms in total. The Balaban J connectivity index is 1.58. The lowest BCUT2D eigenvalue weighted by atomic mass is 9.87. The van der Waals surface area contributed by atoms with Gasteiger partial charge < -0.3 is 36.2 Å². The Morgan fingerprint density at radius 3 is 2.15 bits per heavy atom. The number of ether oxygens (including phenoxy) is 1. The summed E-state index contributed by atoms with van der Waals surface area (Å²) in [5.74, 6) is -2.82. The predicted octanol–water partition coefficient (Wildman–Crippen LogP) is 3.65. The molecule has 292 valence electrons. The van der Waals surface area contributed by atoms with Crippen molar-refractivity contribution in [3.8, 4) is 0 Å². The summed E-state index contributed by atoms with van der Waals surface area (Å²) < 4.78 is 5.49. The lowest BCUT2D eigenvalue weighted by Gasteiger charge is -2.36. The second kappa shape index (κ2) is 16.3. The van der Waals surface area contributed by atoms with Gasteiger partial charge in [-0.1, -0.05) is 78.3 Å². The van der Waals surface area contributed by atoms with Gasteiger partial charge in [0.2, 0.25) is 17.6 Å². The van der Waals surface area contributed by atoms with Crippen molar-refractivity contribution in [2.45, 2.75) is 118 Å². The van der Waals surface area contributed by atoms with Crippen molar-refractivity contribution >= 4 is 35.6 Å². The van der Waals surface area contributed by atoms with Crippen LogP contribution in [0.2, 0.25) is 0 Å². The number of carbonyl (C=O) groups excluding carboxylic acids is 6. The van der Waals surface area contributed by atoms with Crippen LogP contribution in [0.5, 0.6) is 0 Å². The van der Waals surface area contributed by atoms with Crippen LogP contribution in [0.1, 0.15) is 86.3 Å². The van der Waals surface area contributed by atoms with Crippen LogP contribution < -0.4 is 26.6 Å². The van der Waals surface area contributed by atoms with Crippen molar-refractivity contribution < 1.29 is 33.5 Å². The molecule has 1 heterocycles. The van der Waals surface area contributed by atoms with Crippen molar-refractivity contribution in [1.29, 1.82) is 0 Å². The van der Waals surface area contributed by atoms with Crippen molar-refractivity contribution in [1.82, 2.24) is 31.5 Å². The third kappa shape index (κ3) is 9.97. The highest BCUT2D eigenvalue weighted by molar-refractivity contribution is 6.38. The molecule has 1 unspecified atom stereocenters. The van der Waals surface area contributed by atoms with Gasteiger partial charge in [-0.15, -0.1) is 6.58 Å². The minimum Gasteiger partial charge on any atom is -0.447 e. The molecule has 5 N–H and O–H groups in total. The van der Waals surface area contributed by atoms with E-state index in [9.17, 15) is 28.8 Å². The fourth-order valence-electron chi connectivity index (χ4n) is 7.78. The minimum atomic E-state index is -1.05. The van der Waals surface area contributed by atoms with E-state index < -0.39 is 64.8 Å². The summed E-state index contributed by atoms with van der Waals surface area (Å²) in [6.45, 7) is 21.2. The Morgan fingerprint density at radius 1 is 0.981 bits per heavy atom. The molecule has 1 aliphatic heterocycles. The molecule has 1 saturated heterocycles. The number of nitrogens with one attached hydrogen (secondary N) is 5. The molecular weight excluding hydrogens is 676 g/mol. The first-order valence-electron chi connectivity index (χ1n) is 18.8. The van der Waals surface area contributed by atoms with Crippen LogP contribution in [0.3, 0.4) is 0 Å². The largest absolute Gasteiger partial charge is 0.447 e. The highest BCUT2D eigenvalue weighted by Crippen LogP contribution is 2.65. The molecule has 0 aromatic heterocycles. The minimum absolute atomic E-state index is 0.0512. The zero-order valence-corrected chi connectivity index (χ0v) is 32.9. The van der Waals surface area contributed by atoms with Gasteiger partial charge in [0.25, 0.3) is 5.91 Å². The number of hydrogen-bond acceptors (Lipinski definition) is 7. The second-order valence-electron chi connectivity index (χ2n) is 17.5. The first-order chi connectivity index (χ1) is 24.7. The number of likely N-dealkylation sites (tertiary alicyclic amines) is 1. The number of nitrogens with zero attached hydrogens (tertiary/aromatic N) is 1. The average molecular weight is 737 g/mol. The molecule has 6 atom stereocenters. The summed E-state index contributed by atoms with van der Waals surface area (Å²) in [4.78, 5) is 82.5. The number of hydrogen-bond donors (Lipinski definition) is 5. The number of benzene rings is 1. The summed E-state index contributed by atoms with van der Waals surface area (Å²) >= 11 is 0. The lowest BCUT2D eigenvalue weighted by molar-refractivity contribution is -0.144. The lowest BCUT2D eigenvalue weighted by Crippen LogP contribution is -2.61. The van der Waals surface area contributed by atoms with Gasteiger partial charge in [0, 0.05) is 18.6 Å². The topological polar surface area (TPSA) is 175 Å². The summed E-state index contributed by atoms with van der Waals surface area (Å²) in [5, 5.41) is 14.0. The highest BCUT2D eigenvalue weighted by Gasteiger charge is 2.69. The molecular formula is C40H60N6O7. The molecule has 4 rings (SSSR count). The number of alkyl carbamates (subject to hydrolysis) is 1. The van der Waals surface area contributed by atoms with Gasteiger partial charge >= 0.3 is 12.1 Å². The van der Waals surface area contributed by atoms with E-state index in [0.717, 1.165) is 11.1 Å². The van der Waals surface area contributed by atoms with E-state index in [4.69, 9.17) is 4.74 Å². The number of Topliss-reactive ketones (excluding diaryl/α,β-unsaturated/α-hetero) is 1. The normalized spacial score (nSPS) is 21.9. The Labute approximate surface area is 314 Å². The van der Waals surface area contributed by atoms with Gasteiger partial charge in [-0.05, 0) is 79.7 Å². The smallest absolute Gasteiger partial charge is 0.407 e. The quantitative estimate of drug-likeness (QED) is 0.143. The Hall–Kier alpha value is -4.42. The van der Waals surface area contributed by atoms with Gasteiger partial charge in [-0.3, -0.25) is 19.2 Å². The van der Waals surface area contributed by atoms with Crippen LogP contribution in [-0.4, -0.2) is 89.9 Å². The molecule has 6 amide bonds. The molecule has 1 aromatic rings. The predicted molar refractivity (Wildman–Crippen MR) is 202 cm³/mol. The van der Waals surface area contributed by atoms with Gasteiger partial charge in [-0.2, -0.15) is 0 Å². The maximum atomic E-state index is 14.8. The van der Waals surface area contributed by atoms with Crippen molar-refractivity contribution in [3.05, 3.63) is 48.0 Å². The SMILES string of the molecule is C=CCNC(=O)C(=O)C(CCC)NC(=O)[C@@H]1[C@@H]2[C@H](CN1C(=O)[C@@H](NC(=O)N[C@H](COC(=O)NC(C)(C)C)C(C)(C)C)C1Cc3ccccc3C1)C2(C)C. The van der Waals surface area contributed by atoms with Gasteiger partial charge in [0.15, 0.2) is 0 Å². The van der Waals surface area contributed by atoms with Crippen LogP contribution in [0.4, 0.5) is 9.59 Å². The number of carbonyl (C=O) groups is 6. The first kappa shape index (κ1) is 41.3. The third-order valence-electron chi connectivity index (χ3n) is 10.9. The molecule has 1 saturated carbocycles. The molecule has 2 fully saturated rings. The average Bonchev–Trinajstić information content (AvgIpc) is 3.41. The maximum Gasteiger partial charge on any atom is 0.407 e. The van der Waals surface area contributed by atoms with Gasteiger partial charge in [-0.25, -0.2) is 9.59 Å². The van der Waals surface area contributed by atoms with Gasteiger partial charge in [0.05, 0.1) is 12.1 Å². The number of fused-ring (bicyclic) bond motifs is 2. The van der Waals surface area contributed by atoms with Crippen molar-refractivity contribution in [2.75, 3.05) is 19.7 Å². The molecule has 3 aliphatic rings. The zero-order valence-electron chi connectivity index (χ0n) is 32.9. The number of rotatable bonds is 14. The van der Waals surface area contributed by atoms with Crippen molar-refractivity contribution in [2.24, 2.45) is 28.6 Å². The number of urea groups is 1. The standard InChI is InChI=1S/C40H60N6O7/c1-11-15-27(32(47)34(49)41-18-12-2)42-33(48)31-29-26(40(29,9)10)21-46(31)35(50)30(25-19-23-16-13-14-17-24(23)20-25)44-36(51)43-28(38(3,4)5)22-53-37(52)45-39(6,7)8/h12-14,16-17,25-31H,2,11,15,18-22H2,1,3-10H3,(H,41,49)(H,42,48)(H,45,52)(H2,43,44,51)/t26-,27?,28+,29-,30-,31-/m0/s1. The zero-order chi connectivity index (χ0) is 39.5. The summed E-state index contributed by atoms with van der Waals surface area (Å²) in [6.07, 6.45) is 2.77. The number of piperidine rings is 1. The van der Waals surface area contributed by atoms with E-state index in [1.165, 1.54) is 6.08 Å². The van der Waals surface area contributed by atoms with E-state index in [2.05, 4.69) is 47.0 Å². The van der Waals surface area contributed by atoms with E-state index in [0.29, 0.717) is 25.8 Å². The first-order valence-corrected chi connectivity index (χ1v) is 18.8. The summed E-state index contributed by atoms with van der Waals surface area (Å²) in [7, 11) is 0. The number of amides is 6. The molecule has 0 bridgehead atoms. The third-order valence-corrected chi connectivity index (χ3v) is 10.9. The maximum absolute atomic E-state index is 14.8. The highest BCUT2D eigenvalue weighted by atomic mass is 16.5. The summed E-state index contributed by atoms with van der Waals surface area (Å²) in [6, 6.07) is 3.82. The van der Waals surface area contributed by atoms with Crippen LogP contribution in [0.15, 0.2) is 36.9 Å². The van der Waals surface area contributed by atoms with Crippen LogP contribution in [0, 0.1) is 28.6 Å². The second-order valence-corrected chi connectivity index (χ2v) is 17.5. The van der Waals surface area contributed by atoms with Crippen molar-refractivity contribution in [3.63, 3.8) is 0 Å².